The van der Waals surface area contributed by atoms with Crippen molar-refractivity contribution in [1.29, 1.82) is 0 Å². The van der Waals surface area contributed by atoms with Gasteiger partial charge in [0.25, 0.3) is 0 Å². The maximum atomic E-state index is 12.2. The Morgan fingerprint density at radius 2 is 1.70 bits per heavy atom. The summed E-state index contributed by atoms with van der Waals surface area (Å²) in [7, 11) is 0. The number of hydrogen-bond acceptors (Lipinski definition) is 0. The Hall–Kier alpha value is 0.0634. The summed E-state index contributed by atoms with van der Waals surface area (Å²) in [6.07, 6.45) is 0. The minimum atomic E-state index is -0.464. The molecule has 0 aliphatic rings. The molecule has 1 aromatic carbocycles. The molecule has 3 heteroatoms. The van der Waals surface area contributed by atoms with Crippen molar-refractivity contribution in [3.8, 4) is 0 Å². The van der Waals surface area contributed by atoms with Crippen LogP contribution in [0.4, 0.5) is 4.39 Å². The Morgan fingerprint density at radius 1 is 1.20 bits per heavy atom. The van der Waals surface area contributed by atoms with Crippen LogP contribution >= 0.6 is 12.4 Å². The zero-order chi connectivity index (χ0) is 6.69. The second kappa shape index (κ2) is 4.81. The van der Waals surface area contributed by atoms with Crippen LogP contribution < -0.4 is 4.16 Å². The molecule has 0 fully saturated rings. The van der Waals surface area contributed by atoms with Gasteiger partial charge in [-0.1, -0.05) is 0 Å². The first kappa shape index (κ1) is 10.1. The maximum absolute atomic E-state index is 12.2. The summed E-state index contributed by atoms with van der Waals surface area (Å²) in [5, 5.41) is 0. The van der Waals surface area contributed by atoms with Crippen molar-refractivity contribution in [1.82, 2.24) is 0 Å². The second-order valence-electron chi connectivity index (χ2n) is 1.98. The summed E-state index contributed by atoms with van der Waals surface area (Å²) in [5.41, 5.74) is 2.24. The Bertz CT molecular complexity index is 185. The molecule has 0 aliphatic carbocycles. The predicted octanol–water partition coefficient (Wildman–Crippen LogP) is 2.00. The van der Waals surface area contributed by atoms with Crippen LogP contribution in [0.1, 0.15) is 0 Å². The van der Waals surface area contributed by atoms with Gasteiger partial charge in [-0.3, -0.25) is 0 Å². The van der Waals surface area contributed by atoms with Crippen LogP contribution in [0.2, 0.25) is 5.52 Å². The van der Waals surface area contributed by atoms with E-state index in [2.05, 4.69) is 5.52 Å². The average Bonchev–Trinajstić information content (AvgIpc) is 1.90. The van der Waals surface area contributed by atoms with Gasteiger partial charge in [0, 0.05) is 0 Å². The fraction of sp³-hybridized carbons (Fsp3) is 0.143. The van der Waals surface area contributed by atoms with Gasteiger partial charge in [-0.05, 0) is 0 Å². The molecule has 0 saturated heterocycles. The third-order valence-corrected chi connectivity index (χ3v) is 4.02. The second-order valence-corrected chi connectivity index (χ2v) is 5.18. The van der Waals surface area contributed by atoms with E-state index in [4.69, 9.17) is 0 Å². The van der Waals surface area contributed by atoms with E-state index in [0.717, 1.165) is 0 Å². The summed E-state index contributed by atoms with van der Waals surface area (Å²) in [6, 6.07) is 6.83. The van der Waals surface area contributed by atoms with E-state index in [-0.39, 0.29) is 18.2 Å². The number of benzene rings is 1. The van der Waals surface area contributed by atoms with Crippen molar-refractivity contribution >= 4 is 16.6 Å². The average molecular weight is 212 g/mol. The molecule has 0 atom stereocenters. The van der Waals surface area contributed by atoms with Crippen LogP contribution in [0.25, 0.3) is 0 Å². The van der Waals surface area contributed by atoms with Gasteiger partial charge in [-0.15, -0.1) is 12.4 Å². The Labute approximate surface area is 73.8 Å². The van der Waals surface area contributed by atoms with Crippen LogP contribution in [-0.4, -0.2) is 0 Å². The Balaban J connectivity index is 0.000000810. The standard InChI is InChI=1S/C6H4F.CH3.ClH.Zn/c7-6-4-2-1-3-5-6;;;/h2-5H;1H3;1H;. The summed E-state index contributed by atoms with van der Waals surface area (Å²) in [6.45, 7) is 0. The van der Waals surface area contributed by atoms with Crippen LogP contribution in [0.5, 0.6) is 0 Å². The molecule has 0 N–H and O–H groups in total. The molecule has 0 saturated carbocycles. The molecule has 0 amide bonds. The summed E-state index contributed by atoms with van der Waals surface area (Å²) < 4.78 is 13.6. The molecule has 1 rings (SSSR count). The van der Waals surface area contributed by atoms with Crippen molar-refractivity contribution in [3.05, 3.63) is 30.1 Å². The van der Waals surface area contributed by atoms with Crippen LogP contribution in [0.15, 0.2) is 24.3 Å². The van der Waals surface area contributed by atoms with Gasteiger partial charge in [0.2, 0.25) is 0 Å². The van der Waals surface area contributed by atoms with E-state index in [0.29, 0.717) is 0 Å². The van der Waals surface area contributed by atoms with E-state index >= 15 is 0 Å². The molecule has 0 unspecified atom stereocenters. The fourth-order valence-electron chi connectivity index (χ4n) is 0.720. The molecule has 10 heavy (non-hydrogen) atoms. The Morgan fingerprint density at radius 3 is 2.10 bits per heavy atom. The molecule has 52 valence electrons. The van der Waals surface area contributed by atoms with E-state index in [9.17, 15) is 4.39 Å². The zero-order valence-corrected chi connectivity index (χ0v) is 9.59. The van der Waals surface area contributed by atoms with E-state index in [1.54, 1.807) is 0 Å². The summed E-state index contributed by atoms with van der Waals surface area (Å²) in [4.78, 5) is 0. The van der Waals surface area contributed by atoms with Crippen LogP contribution in [0.3, 0.4) is 0 Å². The SMILES string of the molecule is Cl.[CH3][Zn][c]1ccc(F)cc1. The topological polar surface area (TPSA) is 0 Å². The van der Waals surface area contributed by atoms with E-state index < -0.39 is 17.1 Å². The van der Waals surface area contributed by atoms with Gasteiger partial charge in [-0.25, -0.2) is 0 Å². The monoisotopic (exact) mass is 210 g/mol. The first-order valence-electron chi connectivity index (χ1n) is 3.07. The van der Waals surface area contributed by atoms with Crippen LogP contribution in [0, 0.1) is 5.82 Å². The number of rotatable bonds is 1. The van der Waals surface area contributed by atoms with E-state index in [1.807, 2.05) is 12.1 Å². The van der Waals surface area contributed by atoms with Gasteiger partial charge >= 0.3 is 61.3 Å². The Kier molecular flexibility index (Phi) is 4.84. The van der Waals surface area contributed by atoms with Crippen molar-refractivity contribution in [3.63, 3.8) is 0 Å². The minimum absolute atomic E-state index is 0. The van der Waals surface area contributed by atoms with Crippen molar-refractivity contribution < 1.29 is 21.5 Å². The molecule has 0 radical (unpaired) electrons. The third kappa shape index (κ3) is 2.76. The molecule has 0 nitrogen and oxygen atoms in total. The third-order valence-electron chi connectivity index (χ3n) is 1.32. The van der Waals surface area contributed by atoms with E-state index in [1.165, 1.54) is 16.3 Å². The van der Waals surface area contributed by atoms with Gasteiger partial charge < -0.3 is 0 Å². The first-order valence-corrected chi connectivity index (χ1v) is 7.52. The fourth-order valence-corrected chi connectivity index (χ4v) is 2.20. The summed E-state index contributed by atoms with van der Waals surface area (Å²) >= 11 is -0.464. The molecule has 0 aromatic heterocycles. The molecular weight excluding hydrogens is 204 g/mol. The quantitative estimate of drug-likeness (QED) is 0.624. The van der Waals surface area contributed by atoms with Crippen molar-refractivity contribution in [2.75, 3.05) is 0 Å². The molecule has 0 bridgehead atoms. The normalized spacial score (nSPS) is 7.80. The molecule has 1 aromatic rings. The summed E-state index contributed by atoms with van der Waals surface area (Å²) in [5.74, 6) is -0.130. The van der Waals surface area contributed by atoms with Crippen molar-refractivity contribution in [2.45, 2.75) is 5.52 Å². The molecular formula is C7H8ClFZn. The predicted molar refractivity (Wildman–Crippen MR) is 39.1 cm³/mol. The van der Waals surface area contributed by atoms with Gasteiger partial charge in [0.15, 0.2) is 0 Å². The van der Waals surface area contributed by atoms with Gasteiger partial charge in [0.05, 0.1) is 0 Å². The van der Waals surface area contributed by atoms with Gasteiger partial charge in [-0.2, -0.15) is 0 Å². The number of halogens is 2. The molecule has 0 heterocycles. The van der Waals surface area contributed by atoms with Gasteiger partial charge in [0.1, 0.15) is 0 Å². The van der Waals surface area contributed by atoms with Crippen LogP contribution in [-0.2, 0) is 17.1 Å². The molecule has 0 aliphatic heterocycles. The zero-order valence-electron chi connectivity index (χ0n) is 5.80. The number of hydrogen-bond donors (Lipinski definition) is 0. The molecule has 0 spiro atoms. The van der Waals surface area contributed by atoms with Crippen molar-refractivity contribution in [2.24, 2.45) is 0 Å². The first-order chi connectivity index (χ1) is 4.33.